The third-order valence-electron chi connectivity index (χ3n) is 3.99. The lowest BCUT2D eigenvalue weighted by atomic mass is 10.1. The second kappa shape index (κ2) is 7.65. The first-order valence-electron chi connectivity index (χ1n) is 8.18. The Hall–Kier alpha value is -3.41. The Kier molecular flexibility index (Phi) is 5.12. The van der Waals surface area contributed by atoms with Crippen molar-refractivity contribution in [2.45, 2.75) is 13.8 Å². The Morgan fingerprint density at radius 1 is 0.962 bits per heavy atom. The molecule has 0 aliphatic carbocycles. The highest BCUT2D eigenvalue weighted by atomic mass is 16.5. The number of amides is 1. The SMILES string of the molecule is COc1ccccc1Nc1ncc(C(=O)Nc2c(C)cccc2C)cn1. The molecule has 1 heterocycles. The summed E-state index contributed by atoms with van der Waals surface area (Å²) in [4.78, 5) is 20.9. The monoisotopic (exact) mass is 348 g/mol. The number of methoxy groups -OCH3 is 1. The molecular formula is C20H20N4O2. The van der Waals surface area contributed by atoms with E-state index in [1.807, 2.05) is 56.3 Å². The molecule has 6 nitrogen and oxygen atoms in total. The quantitative estimate of drug-likeness (QED) is 0.726. The molecule has 2 N–H and O–H groups in total. The summed E-state index contributed by atoms with van der Waals surface area (Å²) in [7, 11) is 1.60. The van der Waals surface area contributed by atoms with Crippen LogP contribution in [0.15, 0.2) is 54.9 Å². The number of aromatic nitrogens is 2. The second-order valence-electron chi connectivity index (χ2n) is 5.84. The van der Waals surface area contributed by atoms with E-state index in [4.69, 9.17) is 4.74 Å². The van der Waals surface area contributed by atoms with Gasteiger partial charge in [0.05, 0.1) is 18.4 Å². The number of aryl methyl sites for hydroxylation is 2. The van der Waals surface area contributed by atoms with Crippen molar-refractivity contribution in [1.82, 2.24) is 9.97 Å². The van der Waals surface area contributed by atoms with E-state index in [0.717, 1.165) is 22.5 Å². The molecule has 0 bridgehead atoms. The number of anilines is 3. The fourth-order valence-electron chi connectivity index (χ4n) is 2.58. The number of nitrogens with zero attached hydrogens (tertiary/aromatic N) is 2. The van der Waals surface area contributed by atoms with Crippen LogP contribution < -0.4 is 15.4 Å². The molecule has 26 heavy (non-hydrogen) atoms. The summed E-state index contributed by atoms with van der Waals surface area (Å²) < 4.78 is 5.29. The number of benzene rings is 2. The van der Waals surface area contributed by atoms with Gasteiger partial charge in [-0.1, -0.05) is 30.3 Å². The minimum absolute atomic E-state index is 0.244. The van der Waals surface area contributed by atoms with Crippen LogP contribution in [0.25, 0.3) is 0 Å². The molecule has 0 unspecified atom stereocenters. The summed E-state index contributed by atoms with van der Waals surface area (Å²) >= 11 is 0. The topological polar surface area (TPSA) is 76.1 Å². The van der Waals surface area contributed by atoms with Crippen molar-refractivity contribution in [1.29, 1.82) is 0 Å². The first-order valence-corrected chi connectivity index (χ1v) is 8.18. The van der Waals surface area contributed by atoms with Gasteiger partial charge >= 0.3 is 0 Å². The van der Waals surface area contributed by atoms with Crippen molar-refractivity contribution in [3.8, 4) is 5.75 Å². The molecule has 0 aliphatic rings. The lowest BCUT2D eigenvalue weighted by Crippen LogP contribution is -2.14. The van der Waals surface area contributed by atoms with Gasteiger partial charge in [0.15, 0.2) is 0 Å². The van der Waals surface area contributed by atoms with Gasteiger partial charge in [-0.15, -0.1) is 0 Å². The molecule has 3 aromatic rings. The molecule has 0 atom stereocenters. The molecule has 6 heteroatoms. The third-order valence-corrected chi connectivity index (χ3v) is 3.99. The molecule has 1 aromatic heterocycles. The standard InChI is InChI=1S/C20H20N4O2/c1-13-7-6-8-14(2)18(13)24-19(25)15-11-21-20(22-12-15)23-16-9-4-5-10-17(16)26-3/h4-12H,1-3H3,(H,24,25)(H,21,22,23). The van der Waals surface area contributed by atoms with Gasteiger partial charge in [0, 0.05) is 18.1 Å². The van der Waals surface area contributed by atoms with Crippen molar-refractivity contribution in [2.75, 3.05) is 17.7 Å². The normalized spacial score (nSPS) is 10.3. The van der Waals surface area contributed by atoms with Crippen molar-refractivity contribution in [3.05, 3.63) is 71.5 Å². The molecule has 0 fully saturated rings. The average Bonchev–Trinajstić information content (AvgIpc) is 2.66. The third kappa shape index (κ3) is 3.80. The van der Waals surface area contributed by atoms with Crippen LogP contribution in [0.2, 0.25) is 0 Å². The number of ether oxygens (including phenoxy) is 1. The van der Waals surface area contributed by atoms with Crippen molar-refractivity contribution < 1.29 is 9.53 Å². The van der Waals surface area contributed by atoms with Crippen LogP contribution in [0, 0.1) is 13.8 Å². The van der Waals surface area contributed by atoms with E-state index in [-0.39, 0.29) is 5.91 Å². The summed E-state index contributed by atoms with van der Waals surface area (Å²) in [6, 6.07) is 13.3. The number of carbonyl (C=O) groups excluding carboxylic acids is 1. The Bertz CT molecular complexity index is 903. The zero-order valence-electron chi connectivity index (χ0n) is 14.9. The minimum Gasteiger partial charge on any atom is -0.495 e. The first kappa shape index (κ1) is 17.4. The molecule has 0 spiro atoms. The van der Waals surface area contributed by atoms with Crippen LogP contribution in [-0.2, 0) is 0 Å². The van der Waals surface area contributed by atoms with Crippen LogP contribution in [0.1, 0.15) is 21.5 Å². The maximum Gasteiger partial charge on any atom is 0.258 e. The van der Waals surface area contributed by atoms with Crippen molar-refractivity contribution >= 4 is 23.2 Å². The number of hydrogen-bond donors (Lipinski definition) is 2. The Morgan fingerprint density at radius 2 is 1.62 bits per heavy atom. The predicted octanol–water partition coefficient (Wildman–Crippen LogP) is 4.10. The van der Waals surface area contributed by atoms with E-state index in [2.05, 4.69) is 20.6 Å². The van der Waals surface area contributed by atoms with Gasteiger partial charge < -0.3 is 15.4 Å². The summed E-state index contributed by atoms with van der Waals surface area (Å²) in [5, 5.41) is 6.00. The summed E-state index contributed by atoms with van der Waals surface area (Å²) in [6.07, 6.45) is 2.99. The highest BCUT2D eigenvalue weighted by Gasteiger charge is 2.11. The van der Waals surface area contributed by atoms with Gasteiger partial charge in [0.1, 0.15) is 5.75 Å². The van der Waals surface area contributed by atoms with Gasteiger partial charge in [-0.25, -0.2) is 9.97 Å². The molecule has 3 rings (SSSR count). The first-order chi connectivity index (χ1) is 12.6. The molecule has 0 saturated carbocycles. The van der Waals surface area contributed by atoms with Gasteiger partial charge in [-0.05, 0) is 37.1 Å². The zero-order valence-corrected chi connectivity index (χ0v) is 14.9. The number of rotatable bonds is 5. The Labute approximate surface area is 152 Å². The number of carbonyl (C=O) groups is 1. The van der Waals surface area contributed by atoms with Crippen LogP contribution in [-0.4, -0.2) is 23.0 Å². The van der Waals surface area contributed by atoms with E-state index in [1.54, 1.807) is 7.11 Å². The van der Waals surface area contributed by atoms with Gasteiger partial charge in [0.2, 0.25) is 5.95 Å². The lowest BCUT2D eigenvalue weighted by Gasteiger charge is -2.12. The molecule has 2 aromatic carbocycles. The van der Waals surface area contributed by atoms with E-state index in [1.165, 1.54) is 12.4 Å². The van der Waals surface area contributed by atoms with Crippen LogP contribution >= 0.6 is 0 Å². The fraction of sp³-hybridized carbons (Fsp3) is 0.150. The molecule has 132 valence electrons. The van der Waals surface area contributed by atoms with E-state index in [0.29, 0.717) is 17.3 Å². The average molecular weight is 348 g/mol. The van der Waals surface area contributed by atoms with Crippen LogP contribution in [0.5, 0.6) is 5.75 Å². The molecule has 0 saturated heterocycles. The van der Waals surface area contributed by atoms with Crippen LogP contribution in [0.3, 0.4) is 0 Å². The highest BCUT2D eigenvalue weighted by Crippen LogP contribution is 2.25. The van der Waals surface area contributed by atoms with Crippen molar-refractivity contribution in [3.63, 3.8) is 0 Å². The van der Waals surface area contributed by atoms with Gasteiger partial charge in [-0.2, -0.15) is 0 Å². The number of nitrogens with one attached hydrogen (secondary N) is 2. The predicted molar refractivity (Wildman–Crippen MR) is 102 cm³/mol. The minimum atomic E-state index is -0.244. The Balaban J connectivity index is 1.74. The zero-order chi connectivity index (χ0) is 18.5. The molecular weight excluding hydrogens is 328 g/mol. The summed E-state index contributed by atoms with van der Waals surface area (Å²) in [5.74, 6) is 0.831. The van der Waals surface area contributed by atoms with Gasteiger partial charge in [-0.3, -0.25) is 4.79 Å². The van der Waals surface area contributed by atoms with E-state index < -0.39 is 0 Å². The molecule has 1 amide bonds. The summed E-state index contributed by atoms with van der Waals surface area (Å²) in [6.45, 7) is 3.92. The molecule has 0 radical (unpaired) electrons. The summed E-state index contributed by atoms with van der Waals surface area (Å²) in [5.41, 5.74) is 3.97. The van der Waals surface area contributed by atoms with Crippen molar-refractivity contribution in [2.24, 2.45) is 0 Å². The van der Waals surface area contributed by atoms with E-state index in [9.17, 15) is 4.79 Å². The lowest BCUT2D eigenvalue weighted by molar-refractivity contribution is 0.102. The van der Waals surface area contributed by atoms with Gasteiger partial charge in [0.25, 0.3) is 5.91 Å². The molecule has 0 aliphatic heterocycles. The smallest absolute Gasteiger partial charge is 0.258 e. The second-order valence-corrected chi connectivity index (χ2v) is 5.84. The number of para-hydroxylation sites is 3. The number of hydrogen-bond acceptors (Lipinski definition) is 5. The maximum absolute atomic E-state index is 12.5. The van der Waals surface area contributed by atoms with Crippen LogP contribution in [0.4, 0.5) is 17.3 Å². The fourth-order valence-corrected chi connectivity index (χ4v) is 2.58. The van der Waals surface area contributed by atoms with E-state index >= 15 is 0 Å². The largest absolute Gasteiger partial charge is 0.495 e. The Morgan fingerprint density at radius 3 is 2.27 bits per heavy atom. The maximum atomic E-state index is 12.5. The highest BCUT2D eigenvalue weighted by molar-refractivity contribution is 6.04.